The van der Waals surface area contributed by atoms with E-state index >= 15 is 0 Å². The third-order valence-corrected chi connectivity index (χ3v) is 7.08. The van der Waals surface area contributed by atoms with E-state index in [0.717, 1.165) is 48.4 Å². The predicted molar refractivity (Wildman–Crippen MR) is 127 cm³/mol. The molecule has 1 aliphatic heterocycles. The zero-order valence-electron chi connectivity index (χ0n) is 17.1. The lowest BCUT2D eigenvalue weighted by molar-refractivity contribution is -0.131. The number of aromatic hydroxyl groups is 1. The van der Waals surface area contributed by atoms with Crippen molar-refractivity contribution in [3.05, 3.63) is 44.8 Å². The summed E-state index contributed by atoms with van der Waals surface area (Å²) in [5, 5.41) is 10.4. The quantitative estimate of drug-likeness (QED) is 0.518. The molecule has 2 aromatic carbocycles. The third-order valence-electron chi connectivity index (χ3n) is 5.07. The van der Waals surface area contributed by atoms with E-state index in [-0.39, 0.29) is 11.7 Å². The molecule has 0 bridgehead atoms. The van der Waals surface area contributed by atoms with Crippen LogP contribution in [0.15, 0.2) is 44.3 Å². The van der Waals surface area contributed by atoms with Crippen LogP contribution in [0, 0.1) is 0 Å². The number of phenolic OH excluding ortho intramolecular Hbond substituents is 1. The minimum atomic E-state index is 0.0310. The number of carbonyl (C=O) groups excluding carboxylic acids is 1. The van der Waals surface area contributed by atoms with Crippen LogP contribution in [-0.4, -0.2) is 55.4 Å². The van der Waals surface area contributed by atoms with Gasteiger partial charge in [-0.1, -0.05) is 6.92 Å². The molecule has 1 amide bonds. The van der Waals surface area contributed by atoms with Gasteiger partial charge in [0, 0.05) is 53.4 Å². The molecule has 1 aliphatic rings. The van der Waals surface area contributed by atoms with E-state index in [9.17, 15) is 9.90 Å². The van der Waals surface area contributed by atoms with E-state index in [2.05, 4.69) is 41.8 Å². The Labute approximate surface area is 193 Å². The number of aliphatic imine (C=N–C) groups is 1. The Kier molecular flexibility index (Phi) is 7.77. The smallest absolute Gasteiger partial charge is 0.222 e. The minimum Gasteiger partial charge on any atom is -0.504 e. The summed E-state index contributed by atoms with van der Waals surface area (Å²) in [5.41, 5.74) is 2.43. The molecular weight excluding hydrogens is 514 g/mol. The zero-order valence-corrected chi connectivity index (χ0v) is 20.2. The fourth-order valence-corrected chi connectivity index (χ4v) is 4.19. The van der Waals surface area contributed by atoms with E-state index in [1.807, 2.05) is 36.1 Å². The average molecular weight is 539 g/mol. The van der Waals surface area contributed by atoms with Crippen LogP contribution in [0.25, 0.3) is 0 Å². The third kappa shape index (κ3) is 5.16. The number of rotatable bonds is 6. The monoisotopic (exact) mass is 537 g/mol. The van der Waals surface area contributed by atoms with E-state index in [1.54, 1.807) is 12.3 Å². The Morgan fingerprint density at radius 2 is 1.87 bits per heavy atom. The van der Waals surface area contributed by atoms with E-state index in [1.165, 1.54) is 7.11 Å². The first-order valence-electron chi connectivity index (χ1n) is 9.86. The Morgan fingerprint density at radius 3 is 2.47 bits per heavy atom. The topological polar surface area (TPSA) is 65.4 Å². The number of methoxy groups -OCH3 is 1. The maximum Gasteiger partial charge on any atom is 0.222 e. The molecule has 8 heteroatoms. The van der Waals surface area contributed by atoms with Gasteiger partial charge < -0.3 is 19.6 Å². The normalized spacial score (nSPS) is 14.4. The molecule has 0 radical (unpaired) electrons. The summed E-state index contributed by atoms with van der Waals surface area (Å²) >= 11 is 6.91. The number of anilines is 1. The highest BCUT2D eigenvalue weighted by Gasteiger charge is 2.20. The van der Waals surface area contributed by atoms with Crippen molar-refractivity contribution in [2.24, 2.45) is 4.99 Å². The average Bonchev–Trinajstić information content (AvgIpc) is 2.77. The SMILES string of the molecule is CCCC(=O)N1CCN(c2ccc(N=Cc3c(O)c(OC)cc(Br)c3Br)cc2)CC1. The van der Waals surface area contributed by atoms with Gasteiger partial charge in [-0.05, 0) is 68.6 Å². The van der Waals surface area contributed by atoms with Crippen LogP contribution in [0.1, 0.15) is 25.3 Å². The zero-order chi connectivity index (χ0) is 21.7. The molecule has 0 spiro atoms. The molecule has 6 nitrogen and oxygen atoms in total. The Bertz CT molecular complexity index is 924. The summed E-state index contributed by atoms with van der Waals surface area (Å²) in [7, 11) is 1.51. The summed E-state index contributed by atoms with van der Waals surface area (Å²) in [4.78, 5) is 20.8. The molecule has 0 unspecified atom stereocenters. The summed E-state index contributed by atoms with van der Waals surface area (Å²) in [6, 6.07) is 9.65. The van der Waals surface area contributed by atoms with Crippen molar-refractivity contribution in [1.29, 1.82) is 0 Å². The molecule has 1 heterocycles. The molecule has 0 atom stereocenters. The second-order valence-electron chi connectivity index (χ2n) is 7.03. The standard InChI is InChI=1S/C22H25Br2N3O3/c1-3-4-20(28)27-11-9-26(10-12-27)16-7-5-15(6-8-16)25-14-17-21(24)18(23)13-19(30-2)22(17)29/h5-8,13-14,29H,3-4,9-12H2,1-2H3. The summed E-state index contributed by atoms with van der Waals surface area (Å²) in [5.74, 6) is 0.655. The number of hydrogen-bond acceptors (Lipinski definition) is 5. The predicted octanol–water partition coefficient (Wildman–Crippen LogP) is 5.13. The van der Waals surface area contributed by atoms with Gasteiger partial charge in [0.15, 0.2) is 11.5 Å². The highest BCUT2D eigenvalue weighted by atomic mass is 79.9. The van der Waals surface area contributed by atoms with Gasteiger partial charge in [0.25, 0.3) is 0 Å². The molecule has 2 aromatic rings. The molecule has 0 saturated carbocycles. The number of ether oxygens (including phenoxy) is 1. The number of benzene rings is 2. The second-order valence-corrected chi connectivity index (χ2v) is 8.68. The van der Waals surface area contributed by atoms with E-state index < -0.39 is 0 Å². The van der Waals surface area contributed by atoms with Crippen LogP contribution in [0.5, 0.6) is 11.5 Å². The first-order chi connectivity index (χ1) is 14.4. The molecule has 0 aliphatic carbocycles. The van der Waals surface area contributed by atoms with Crippen LogP contribution in [0.2, 0.25) is 0 Å². The van der Waals surface area contributed by atoms with Crippen molar-refractivity contribution in [2.75, 3.05) is 38.2 Å². The first-order valence-corrected chi connectivity index (χ1v) is 11.4. The number of nitrogens with zero attached hydrogens (tertiary/aromatic N) is 3. The maximum atomic E-state index is 12.0. The molecule has 0 aromatic heterocycles. The van der Waals surface area contributed by atoms with Crippen molar-refractivity contribution >= 4 is 55.4 Å². The highest BCUT2D eigenvalue weighted by Crippen LogP contribution is 2.39. The lowest BCUT2D eigenvalue weighted by Gasteiger charge is -2.36. The van der Waals surface area contributed by atoms with Crippen LogP contribution in [0.3, 0.4) is 0 Å². The first kappa shape index (κ1) is 22.6. The molecule has 160 valence electrons. The van der Waals surface area contributed by atoms with E-state index in [4.69, 9.17) is 4.74 Å². The van der Waals surface area contributed by atoms with Crippen molar-refractivity contribution in [2.45, 2.75) is 19.8 Å². The van der Waals surface area contributed by atoms with E-state index in [0.29, 0.717) is 22.2 Å². The van der Waals surface area contributed by atoms with Crippen molar-refractivity contribution in [3.63, 3.8) is 0 Å². The lowest BCUT2D eigenvalue weighted by Crippen LogP contribution is -2.48. The molecule has 3 rings (SSSR count). The van der Waals surface area contributed by atoms with Gasteiger partial charge in [0.2, 0.25) is 5.91 Å². The highest BCUT2D eigenvalue weighted by molar-refractivity contribution is 9.13. The molecule has 1 N–H and O–H groups in total. The Hall–Kier alpha value is -2.06. The van der Waals surface area contributed by atoms with Gasteiger partial charge in [-0.2, -0.15) is 0 Å². The van der Waals surface area contributed by atoms with Crippen LogP contribution < -0.4 is 9.64 Å². The van der Waals surface area contributed by atoms with Gasteiger partial charge in [0.05, 0.1) is 18.4 Å². The van der Waals surface area contributed by atoms with Crippen molar-refractivity contribution in [1.82, 2.24) is 4.90 Å². The van der Waals surface area contributed by atoms with Crippen LogP contribution in [-0.2, 0) is 4.79 Å². The minimum absolute atomic E-state index is 0.0310. The summed E-state index contributed by atoms with van der Waals surface area (Å²) < 4.78 is 6.67. The Balaban J connectivity index is 1.68. The summed E-state index contributed by atoms with van der Waals surface area (Å²) in [6.07, 6.45) is 3.13. The van der Waals surface area contributed by atoms with Gasteiger partial charge in [0.1, 0.15) is 0 Å². The van der Waals surface area contributed by atoms with Gasteiger partial charge in [-0.3, -0.25) is 9.79 Å². The van der Waals surface area contributed by atoms with Crippen molar-refractivity contribution in [3.8, 4) is 11.5 Å². The number of carbonyl (C=O) groups is 1. The van der Waals surface area contributed by atoms with Gasteiger partial charge in [-0.25, -0.2) is 0 Å². The molecular formula is C22H25Br2N3O3. The molecule has 1 saturated heterocycles. The van der Waals surface area contributed by atoms with Crippen LogP contribution in [0.4, 0.5) is 11.4 Å². The molecule has 30 heavy (non-hydrogen) atoms. The number of piperazine rings is 1. The number of phenols is 1. The number of hydrogen-bond donors (Lipinski definition) is 1. The Morgan fingerprint density at radius 1 is 1.20 bits per heavy atom. The second kappa shape index (κ2) is 10.3. The number of amides is 1. The van der Waals surface area contributed by atoms with Gasteiger partial charge in [-0.15, -0.1) is 0 Å². The summed E-state index contributed by atoms with van der Waals surface area (Å²) in [6.45, 7) is 5.21. The maximum absolute atomic E-state index is 12.0. The van der Waals surface area contributed by atoms with Gasteiger partial charge >= 0.3 is 0 Å². The molecule has 1 fully saturated rings. The largest absolute Gasteiger partial charge is 0.504 e. The fourth-order valence-electron chi connectivity index (χ4n) is 3.36. The lowest BCUT2D eigenvalue weighted by atomic mass is 10.2. The number of halogens is 2. The fraction of sp³-hybridized carbons (Fsp3) is 0.364. The van der Waals surface area contributed by atoms with Crippen molar-refractivity contribution < 1.29 is 14.6 Å². The van der Waals surface area contributed by atoms with Crippen LogP contribution >= 0.6 is 31.9 Å².